The van der Waals surface area contributed by atoms with Gasteiger partial charge in [-0.1, -0.05) is 0 Å². The summed E-state index contributed by atoms with van der Waals surface area (Å²) >= 11 is 2.00. The Balaban J connectivity index is 2.94. The van der Waals surface area contributed by atoms with Crippen LogP contribution in [0.25, 0.3) is 0 Å². The van der Waals surface area contributed by atoms with E-state index in [1.165, 1.54) is 6.07 Å². The maximum atomic E-state index is 11.0. The van der Waals surface area contributed by atoms with Gasteiger partial charge in [0.15, 0.2) is 5.75 Å². The van der Waals surface area contributed by atoms with E-state index in [1.807, 2.05) is 28.7 Å². The van der Waals surface area contributed by atoms with Gasteiger partial charge in [0.2, 0.25) is 0 Å². The van der Waals surface area contributed by atoms with Gasteiger partial charge in [-0.3, -0.25) is 4.79 Å². The van der Waals surface area contributed by atoms with Gasteiger partial charge in [-0.25, -0.2) is 0 Å². The van der Waals surface area contributed by atoms with E-state index in [4.69, 9.17) is 20.8 Å². The number of nitrogen functional groups attached to an aromatic ring is 1. The van der Waals surface area contributed by atoms with Crippen molar-refractivity contribution in [1.82, 2.24) is 0 Å². The smallest absolute Gasteiger partial charge is 0.312 e. The number of halogens is 1. The number of nitriles is 1. The number of ether oxygens (including phenoxy) is 1. The lowest BCUT2D eigenvalue weighted by molar-refractivity contribution is -0.148. The summed E-state index contributed by atoms with van der Waals surface area (Å²) in [5, 5.41) is 17.8. The quantitative estimate of drug-likeness (QED) is 0.634. The Labute approximate surface area is 119 Å². The van der Waals surface area contributed by atoms with Crippen molar-refractivity contribution in [3.05, 3.63) is 21.3 Å². The Kier molecular flexibility index (Phi) is 4.40. The largest absolute Gasteiger partial charge is 0.489 e. The number of hydrogen-bond acceptors (Lipinski definition) is 4. The molecule has 0 amide bonds. The third kappa shape index (κ3) is 3.26. The van der Waals surface area contributed by atoms with E-state index in [9.17, 15) is 4.79 Å². The molecule has 0 atom stereocenters. The number of hydrogen-bond donors (Lipinski definition) is 2. The summed E-state index contributed by atoms with van der Waals surface area (Å²) in [6.07, 6.45) is 0. The van der Waals surface area contributed by atoms with Crippen molar-refractivity contribution in [2.45, 2.75) is 13.8 Å². The molecule has 0 aromatic heterocycles. The lowest BCUT2D eigenvalue weighted by atomic mass is 9.95. The summed E-state index contributed by atoms with van der Waals surface area (Å²) in [4.78, 5) is 11.0. The lowest BCUT2D eigenvalue weighted by Gasteiger charge is -2.20. The molecule has 6 heteroatoms. The zero-order chi connectivity index (χ0) is 13.9. The highest BCUT2D eigenvalue weighted by molar-refractivity contribution is 14.1. The molecule has 0 aliphatic heterocycles. The number of nitrogens with zero attached hydrogens (tertiary/aromatic N) is 1. The highest BCUT2D eigenvalue weighted by Crippen LogP contribution is 2.31. The molecule has 96 valence electrons. The fraction of sp³-hybridized carbons (Fsp3) is 0.333. The second kappa shape index (κ2) is 5.44. The van der Waals surface area contributed by atoms with Crippen molar-refractivity contribution in [1.29, 1.82) is 5.26 Å². The van der Waals surface area contributed by atoms with Gasteiger partial charge in [0.25, 0.3) is 0 Å². The number of carboxylic acids is 1. The predicted molar refractivity (Wildman–Crippen MR) is 75.2 cm³/mol. The van der Waals surface area contributed by atoms with E-state index in [-0.39, 0.29) is 6.61 Å². The van der Waals surface area contributed by atoms with Crippen LogP contribution < -0.4 is 10.5 Å². The van der Waals surface area contributed by atoms with Crippen molar-refractivity contribution in [2.24, 2.45) is 5.41 Å². The van der Waals surface area contributed by atoms with Crippen LogP contribution in [0.4, 0.5) is 5.69 Å². The van der Waals surface area contributed by atoms with E-state index < -0.39 is 11.4 Å². The molecule has 0 unspecified atom stereocenters. The Morgan fingerprint density at radius 1 is 1.61 bits per heavy atom. The molecule has 0 spiro atoms. The first-order valence-corrected chi connectivity index (χ1v) is 6.21. The first kappa shape index (κ1) is 14.6. The normalized spacial score (nSPS) is 10.8. The summed E-state index contributed by atoms with van der Waals surface area (Å²) in [6.45, 7) is 3.15. The van der Waals surface area contributed by atoms with Gasteiger partial charge in [-0.05, 0) is 48.6 Å². The Hall–Kier alpha value is -1.49. The number of rotatable bonds is 4. The minimum Gasteiger partial charge on any atom is -0.489 e. The van der Waals surface area contributed by atoms with Crippen molar-refractivity contribution in [3.8, 4) is 11.8 Å². The first-order chi connectivity index (χ1) is 8.27. The highest BCUT2D eigenvalue weighted by atomic mass is 127. The van der Waals surface area contributed by atoms with E-state index >= 15 is 0 Å². The molecule has 0 heterocycles. The zero-order valence-electron chi connectivity index (χ0n) is 10.0. The molecule has 0 aliphatic carbocycles. The van der Waals surface area contributed by atoms with Crippen LogP contribution in [0.15, 0.2) is 12.1 Å². The van der Waals surface area contributed by atoms with Crippen LogP contribution in [-0.2, 0) is 4.79 Å². The number of benzene rings is 1. The zero-order valence-corrected chi connectivity index (χ0v) is 12.2. The maximum Gasteiger partial charge on any atom is 0.312 e. The number of nitrogens with two attached hydrogens (primary N) is 1. The topological polar surface area (TPSA) is 96.3 Å². The van der Waals surface area contributed by atoms with Gasteiger partial charge in [0, 0.05) is 0 Å². The molecule has 1 aromatic carbocycles. The van der Waals surface area contributed by atoms with Crippen molar-refractivity contribution in [3.63, 3.8) is 0 Å². The molecular weight excluding hydrogens is 347 g/mol. The molecule has 18 heavy (non-hydrogen) atoms. The predicted octanol–water partition coefficient (Wildman–Crippen LogP) is 2.23. The SMILES string of the molecule is CC(C)(COc1c(N)cc(C#N)cc1I)C(=O)O. The maximum absolute atomic E-state index is 11.0. The van der Waals surface area contributed by atoms with Gasteiger partial charge in [0.05, 0.1) is 26.3 Å². The minimum absolute atomic E-state index is 0.00837. The molecule has 0 fully saturated rings. The minimum atomic E-state index is -0.997. The third-order valence-corrected chi connectivity index (χ3v) is 3.16. The Morgan fingerprint density at radius 3 is 2.67 bits per heavy atom. The van der Waals surface area contributed by atoms with Crippen LogP contribution >= 0.6 is 22.6 Å². The van der Waals surface area contributed by atoms with Crippen molar-refractivity contribution >= 4 is 34.2 Å². The molecule has 0 aliphatic rings. The molecule has 0 saturated heterocycles. The van der Waals surface area contributed by atoms with Crippen LogP contribution in [0.3, 0.4) is 0 Å². The van der Waals surface area contributed by atoms with Gasteiger partial charge in [0.1, 0.15) is 6.61 Å². The van der Waals surface area contributed by atoms with Gasteiger partial charge >= 0.3 is 5.97 Å². The van der Waals surface area contributed by atoms with Crippen LogP contribution in [0.2, 0.25) is 0 Å². The Morgan fingerprint density at radius 2 is 2.22 bits per heavy atom. The van der Waals surface area contributed by atoms with Crippen molar-refractivity contribution in [2.75, 3.05) is 12.3 Å². The number of carboxylic acid groups (broad SMARTS) is 1. The second-order valence-corrected chi connectivity index (χ2v) is 5.63. The number of anilines is 1. The standard InChI is InChI=1S/C12H13IN2O3/c1-12(2,11(16)17)6-18-10-8(13)3-7(5-14)4-9(10)15/h3-4H,6,15H2,1-2H3,(H,16,17). The van der Waals surface area contributed by atoms with E-state index in [1.54, 1.807) is 19.9 Å². The monoisotopic (exact) mass is 360 g/mol. The summed E-state index contributed by atoms with van der Waals surface area (Å²) in [5.74, 6) is -0.520. The average Bonchev–Trinajstić information content (AvgIpc) is 2.27. The third-order valence-electron chi connectivity index (χ3n) is 2.36. The van der Waals surface area contributed by atoms with Crippen LogP contribution in [0.1, 0.15) is 19.4 Å². The van der Waals surface area contributed by atoms with Gasteiger partial charge in [-0.2, -0.15) is 5.26 Å². The molecule has 1 aromatic rings. The number of carbonyl (C=O) groups is 1. The molecule has 1 rings (SSSR count). The molecule has 0 bridgehead atoms. The van der Waals surface area contributed by atoms with Crippen LogP contribution in [0.5, 0.6) is 5.75 Å². The molecule has 0 saturated carbocycles. The molecule has 0 radical (unpaired) electrons. The van der Waals surface area contributed by atoms with E-state index in [2.05, 4.69) is 0 Å². The average molecular weight is 360 g/mol. The second-order valence-electron chi connectivity index (χ2n) is 4.47. The van der Waals surface area contributed by atoms with E-state index in [0.29, 0.717) is 20.6 Å². The highest BCUT2D eigenvalue weighted by Gasteiger charge is 2.28. The van der Waals surface area contributed by atoms with Gasteiger partial charge in [-0.15, -0.1) is 0 Å². The summed E-state index contributed by atoms with van der Waals surface area (Å²) in [5.41, 5.74) is 5.56. The summed E-state index contributed by atoms with van der Waals surface area (Å²) < 4.78 is 6.16. The first-order valence-electron chi connectivity index (χ1n) is 5.13. The fourth-order valence-electron chi connectivity index (χ4n) is 1.15. The van der Waals surface area contributed by atoms with Crippen LogP contribution in [-0.4, -0.2) is 17.7 Å². The Bertz CT molecular complexity index is 498. The number of aliphatic carboxylic acids is 1. The molecule has 3 N–H and O–H groups in total. The lowest BCUT2D eigenvalue weighted by Crippen LogP contribution is -2.31. The van der Waals surface area contributed by atoms with Crippen LogP contribution in [0, 0.1) is 20.3 Å². The molecular formula is C12H13IN2O3. The fourth-order valence-corrected chi connectivity index (χ4v) is 1.95. The van der Waals surface area contributed by atoms with E-state index in [0.717, 1.165) is 0 Å². The summed E-state index contributed by atoms with van der Waals surface area (Å²) in [6, 6.07) is 5.14. The summed E-state index contributed by atoms with van der Waals surface area (Å²) in [7, 11) is 0. The van der Waals surface area contributed by atoms with Crippen molar-refractivity contribution < 1.29 is 14.6 Å². The van der Waals surface area contributed by atoms with Gasteiger partial charge < -0.3 is 15.6 Å². The molecule has 5 nitrogen and oxygen atoms in total.